The van der Waals surface area contributed by atoms with Crippen molar-refractivity contribution in [1.29, 1.82) is 0 Å². The van der Waals surface area contributed by atoms with Crippen LogP contribution in [0.15, 0.2) is 73.2 Å². The Labute approximate surface area is 299 Å². The average Bonchev–Trinajstić information content (AvgIpc) is 3.70. The van der Waals surface area contributed by atoms with Crippen molar-refractivity contribution in [3.8, 4) is 22.8 Å². The van der Waals surface area contributed by atoms with Crippen molar-refractivity contribution in [2.24, 2.45) is 0 Å². The lowest BCUT2D eigenvalue weighted by Gasteiger charge is -2.31. The van der Waals surface area contributed by atoms with E-state index in [4.69, 9.17) is 19.2 Å². The number of nitrogens with zero attached hydrogens (tertiary/aromatic N) is 6. The molecule has 0 unspecified atom stereocenters. The van der Waals surface area contributed by atoms with E-state index in [-0.39, 0.29) is 18.5 Å². The van der Waals surface area contributed by atoms with Gasteiger partial charge in [-0.2, -0.15) is 0 Å². The number of hydrogen-bond donors (Lipinski definition) is 1. The highest BCUT2D eigenvalue weighted by molar-refractivity contribution is 6.76. The summed E-state index contributed by atoms with van der Waals surface area (Å²) in [4.78, 5) is 32.1. The maximum absolute atomic E-state index is 12.8. The number of pyridine rings is 1. The first-order valence-electron chi connectivity index (χ1n) is 17.4. The van der Waals surface area contributed by atoms with E-state index in [0.717, 1.165) is 34.5 Å². The van der Waals surface area contributed by atoms with Crippen molar-refractivity contribution >= 4 is 31.1 Å². The molecule has 4 heterocycles. The Morgan fingerprint density at radius 2 is 1.80 bits per heavy atom. The summed E-state index contributed by atoms with van der Waals surface area (Å²) < 4.78 is 21.8. The van der Waals surface area contributed by atoms with Gasteiger partial charge in [-0.3, -0.25) is 4.79 Å². The van der Waals surface area contributed by atoms with E-state index in [1.807, 2.05) is 80.1 Å². The topological polar surface area (TPSA) is 126 Å². The fourth-order valence-electron chi connectivity index (χ4n) is 5.81. The van der Waals surface area contributed by atoms with Gasteiger partial charge < -0.3 is 29.0 Å². The molecular formula is C38H47N7O5Si. The largest absolute Gasteiger partial charge is 0.457 e. The maximum Gasteiger partial charge on any atom is 0.410 e. The normalized spacial score (nSPS) is 13.3. The van der Waals surface area contributed by atoms with Crippen LogP contribution in [0.2, 0.25) is 25.7 Å². The monoisotopic (exact) mass is 709 g/mol. The highest BCUT2D eigenvalue weighted by Crippen LogP contribution is 2.38. The summed E-state index contributed by atoms with van der Waals surface area (Å²) in [6, 6.07) is 18.6. The van der Waals surface area contributed by atoms with Crippen LogP contribution in [0.5, 0.6) is 11.5 Å². The van der Waals surface area contributed by atoms with Crippen molar-refractivity contribution in [2.45, 2.75) is 84.8 Å². The summed E-state index contributed by atoms with van der Waals surface area (Å²) in [6.45, 7) is 15.0. The Hall–Kier alpha value is -5.01. The van der Waals surface area contributed by atoms with Gasteiger partial charge in [0.15, 0.2) is 0 Å². The van der Waals surface area contributed by atoms with Gasteiger partial charge in [-0.1, -0.05) is 61.3 Å². The van der Waals surface area contributed by atoms with Crippen molar-refractivity contribution < 1.29 is 23.8 Å². The summed E-state index contributed by atoms with van der Waals surface area (Å²) in [7, 11) is -1.27. The lowest BCUT2D eigenvalue weighted by molar-refractivity contribution is -0.122. The standard InChI is InChI=1S/C38H47N7O5Si/c1-38(2,3)50-37(47)43-17-15-28-12-13-30(20-29(28)22-43)49-33-14-16-39-36-35(33)31(23-44(36)26-48-18-19-51(4,5)6)32-24-45(42-41-32)25-34(46)40-21-27-10-8-7-9-11-27/h7-14,16,20,23-24H,15,17-19,21-22,25-26H2,1-6H3,(H,40,46). The molecule has 0 bridgehead atoms. The number of amides is 2. The molecule has 3 aromatic heterocycles. The number of ether oxygens (including phenoxy) is 3. The second-order valence-corrected chi connectivity index (χ2v) is 20.7. The highest BCUT2D eigenvalue weighted by atomic mass is 28.3. The number of hydrogen-bond acceptors (Lipinski definition) is 8. The van der Waals surface area contributed by atoms with Crippen LogP contribution >= 0.6 is 0 Å². The fourth-order valence-corrected chi connectivity index (χ4v) is 6.57. The van der Waals surface area contributed by atoms with Gasteiger partial charge in [0.05, 0.1) is 11.6 Å². The minimum absolute atomic E-state index is 0.0231. The molecule has 1 aliphatic rings. The van der Waals surface area contributed by atoms with Gasteiger partial charge in [0, 0.05) is 52.3 Å². The van der Waals surface area contributed by atoms with Crippen LogP contribution in [0, 0.1) is 0 Å². The third-order valence-electron chi connectivity index (χ3n) is 8.47. The van der Waals surface area contributed by atoms with E-state index in [9.17, 15) is 9.59 Å². The predicted octanol–water partition coefficient (Wildman–Crippen LogP) is 7.01. The van der Waals surface area contributed by atoms with Gasteiger partial charge >= 0.3 is 6.09 Å². The molecule has 0 fully saturated rings. The predicted molar refractivity (Wildman–Crippen MR) is 198 cm³/mol. The van der Waals surface area contributed by atoms with Gasteiger partial charge in [0.1, 0.15) is 41.7 Å². The number of carbonyl (C=O) groups excluding carboxylic acids is 2. The quantitative estimate of drug-likeness (QED) is 0.108. The molecule has 13 heteroatoms. The molecule has 0 aliphatic carbocycles. The zero-order chi connectivity index (χ0) is 36.2. The molecule has 12 nitrogen and oxygen atoms in total. The summed E-state index contributed by atoms with van der Waals surface area (Å²) in [6.07, 6.45) is 5.84. The molecule has 268 valence electrons. The Balaban J connectivity index is 1.26. The van der Waals surface area contributed by atoms with Crippen LogP contribution in [-0.4, -0.2) is 68.3 Å². The number of aromatic nitrogens is 5. The van der Waals surface area contributed by atoms with E-state index in [2.05, 4.69) is 41.3 Å². The fraction of sp³-hybridized carbons (Fsp3) is 0.395. The molecule has 51 heavy (non-hydrogen) atoms. The second kappa shape index (κ2) is 15.1. The summed E-state index contributed by atoms with van der Waals surface area (Å²) in [5, 5.41) is 12.4. The Morgan fingerprint density at radius 3 is 2.57 bits per heavy atom. The first kappa shape index (κ1) is 35.8. The van der Waals surface area contributed by atoms with Crippen LogP contribution in [0.4, 0.5) is 4.79 Å². The molecule has 0 saturated carbocycles. The molecule has 2 aromatic carbocycles. The Morgan fingerprint density at radius 1 is 1.00 bits per heavy atom. The van der Waals surface area contributed by atoms with Gasteiger partial charge in [0.2, 0.25) is 5.91 Å². The minimum Gasteiger partial charge on any atom is -0.457 e. The number of carbonyl (C=O) groups is 2. The van der Waals surface area contributed by atoms with E-state index in [1.54, 1.807) is 17.3 Å². The zero-order valence-electron chi connectivity index (χ0n) is 30.3. The lowest BCUT2D eigenvalue weighted by atomic mass is 10.00. The average molecular weight is 710 g/mol. The van der Waals surface area contributed by atoms with Crippen molar-refractivity contribution in [1.82, 2.24) is 34.8 Å². The van der Waals surface area contributed by atoms with Gasteiger partial charge in [-0.25, -0.2) is 14.5 Å². The molecule has 0 saturated heterocycles. The third kappa shape index (κ3) is 9.41. The molecule has 1 N–H and O–H groups in total. The van der Waals surface area contributed by atoms with E-state index < -0.39 is 13.7 Å². The van der Waals surface area contributed by atoms with Crippen LogP contribution in [0.25, 0.3) is 22.3 Å². The Kier molecular flexibility index (Phi) is 10.6. The third-order valence-corrected chi connectivity index (χ3v) is 10.2. The van der Waals surface area contributed by atoms with Crippen LogP contribution < -0.4 is 10.1 Å². The first-order valence-corrected chi connectivity index (χ1v) is 21.1. The molecule has 1 aliphatic heterocycles. The molecule has 6 rings (SSSR count). The smallest absolute Gasteiger partial charge is 0.410 e. The molecule has 0 atom stereocenters. The van der Waals surface area contributed by atoms with Crippen molar-refractivity contribution in [3.05, 3.63) is 89.9 Å². The van der Waals surface area contributed by atoms with E-state index in [0.29, 0.717) is 55.8 Å². The second-order valence-electron chi connectivity index (χ2n) is 15.1. The Bertz CT molecular complexity index is 2000. The van der Waals surface area contributed by atoms with Crippen LogP contribution in [0.1, 0.15) is 37.5 Å². The van der Waals surface area contributed by atoms with Crippen LogP contribution in [0.3, 0.4) is 0 Å². The van der Waals surface area contributed by atoms with Gasteiger partial charge in [-0.15, -0.1) is 5.10 Å². The van der Waals surface area contributed by atoms with Gasteiger partial charge in [-0.05, 0) is 68.1 Å². The summed E-state index contributed by atoms with van der Waals surface area (Å²) >= 11 is 0. The van der Waals surface area contributed by atoms with Gasteiger partial charge in [0.25, 0.3) is 0 Å². The number of fused-ring (bicyclic) bond motifs is 2. The molecule has 2 amide bonds. The molecule has 5 aromatic rings. The number of nitrogens with one attached hydrogen (secondary N) is 1. The minimum atomic E-state index is -1.27. The lowest BCUT2D eigenvalue weighted by Crippen LogP contribution is -2.39. The van der Waals surface area contributed by atoms with Crippen molar-refractivity contribution in [2.75, 3.05) is 13.2 Å². The zero-order valence-corrected chi connectivity index (χ0v) is 31.3. The number of benzene rings is 2. The maximum atomic E-state index is 12.8. The SMILES string of the molecule is CC(C)(C)OC(=O)N1CCc2ccc(Oc3ccnc4c3c(-c3cn(CC(=O)NCc5ccccc5)nn3)cn4COCC[Si](C)(C)C)cc2C1. The highest BCUT2D eigenvalue weighted by Gasteiger charge is 2.26. The summed E-state index contributed by atoms with van der Waals surface area (Å²) in [5.41, 5.74) is 4.65. The molecule has 0 spiro atoms. The first-order chi connectivity index (χ1) is 24.3. The van der Waals surface area contributed by atoms with Crippen LogP contribution in [-0.2, 0) is 47.1 Å². The van der Waals surface area contributed by atoms with E-state index >= 15 is 0 Å². The molecule has 0 radical (unpaired) electrons. The van der Waals surface area contributed by atoms with E-state index in [1.165, 1.54) is 10.2 Å². The van der Waals surface area contributed by atoms with Crippen molar-refractivity contribution in [3.63, 3.8) is 0 Å². The molecular weight excluding hydrogens is 663 g/mol. The number of rotatable bonds is 12. The summed E-state index contributed by atoms with van der Waals surface area (Å²) in [5.74, 6) is 1.05.